The Bertz CT molecular complexity index is 406. The summed E-state index contributed by atoms with van der Waals surface area (Å²) in [6.07, 6.45) is 0.680. The Kier molecular flexibility index (Phi) is 3.34. The summed E-state index contributed by atoms with van der Waals surface area (Å²) in [5.41, 5.74) is 2.11. The van der Waals surface area contributed by atoms with Crippen LogP contribution in [0.3, 0.4) is 0 Å². The number of halogens is 1. The first kappa shape index (κ1) is 11.3. The van der Waals surface area contributed by atoms with Gasteiger partial charge in [0.1, 0.15) is 6.61 Å². The van der Waals surface area contributed by atoms with Crippen molar-refractivity contribution in [3.63, 3.8) is 0 Å². The molecule has 1 amide bonds. The van der Waals surface area contributed by atoms with Gasteiger partial charge in [0.25, 0.3) is 0 Å². The van der Waals surface area contributed by atoms with Crippen molar-refractivity contribution < 1.29 is 9.53 Å². The van der Waals surface area contributed by atoms with Gasteiger partial charge in [-0.3, -0.25) is 0 Å². The highest BCUT2D eigenvalue weighted by atomic mass is 35.5. The second kappa shape index (κ2) is 4.74. The zero-order valence-electron chi connectivity index (χ0n) is 9.20. The third kappa shape index (κ3) is 2.30. The van der Waals surface area contributed by atoms with E-state index in [1.807, 2.05) is 25.1 Å². The van der Waals surface area contributed by atoms with Crippen LogP contribution in [0.2, 0.25) is 5.02 Å². The fraction of sp³-hybridized carbons (Fsp3) is 0.417. The number of ether oxygens (including phenoxy) is 1. The molecule has 0 atom stereocenters. The smallest absolute Gasteiger partial charge is 0.410 e. The molecule has 0 N–H and O–H groups in total. The minimum absolute atomic E-state index is 0.242. The van der Waals surface area contributed by atoms with E-state index in [-0.39, 0.29) is 6.09 Å². The van der Waals surface area contributed by atoms with Crippen LogP contribution >= 0.6 is 11.6 Å². The highest BCUT2D eigenvalue weighted by molar-refractivity contribution is 6.30. The lowest BCUT2D eigenvalue weighted by Gasteiger charge is -2.18. The van der Waals surface area contributed by atoms with Crippen molar-refractivity contribution in [2.45, 2.75) is 26.5 Å². The normalized spacial score (nSPS) is 15.4. The molecule has 1 aromatic rings. The maximum atomic E-state index is 11.6. The van der Waals surface area contributed by atoms with Gasteiger partial charge in [0.15, 0.2) is 0 Å². The van der Waals surface area contributed by atoms with Gasteiger partial charge in [0, 0.05) is 18.1 Å². The Labute approximate surface area is 100.0 Å². The zero-order valence-corrected chi connectivity index (χ0v) is 9.96. The SMILES string of the molecule is CCCN1Cc2cc(Cl)ccc2COC1=O. The summed E-state index contributed by atoms with van der Waals surface area (Å²) < 4.78 is 5.18. The number of rotatable bonds is 2. The van der Waals surface area contributed by atoms with E-state index >= 15 is 0 Å². The lowest BCUT2D eigenvalue weighted by Crippen LogP contribution is -2.29. The minimum Gasteiger partial charge on any atom is -0.445 e. The molecular formula is C12H14ClNO2. The van der Waals surface area contributed by atoms with Crippen LogP contribution in [-0.4, -0.2) is 17.5 Å². The summed E-state index contributed by atoms with van der Waals surface area (Å²) in [5.74, 6) is 0. The van der Waals surface area contributed by atoms with Gasteiger partial charge in [-0.15, -0.1) is 0 Å². The first-order chi connectivity index (χ1) is 7.70. The Morgan fingerprint density at radius 3 is 3.00 bits per heavy atom. The van der Waals surface area contributed by atoms with Crippen molar-refractivity contribution in [2.75, 3.05) is 6.54 Å². The lowest BCUT2D eigenvalue weighted by molar-refractivity contribution is 0.101. The predicted molar refractivity (Wildman–Crippen MR) is 62.3 cm³/mol. The van der Waals surface area contributed by atoms with E-state index in [4.69, 9.17) is 16.3 Å². The van der Waals surface area contributed by atoms with Gasteiger partial charge in [0.2, 0.25) is 0 Å². The van der Waals surface area contributed by atoms with Crippen LogP contribution in [0.4, 0.5) is 4.79 Å². The molecule has 1 aliphatic rings. The first-order valence-corrected chi connectivity index (χ1v) is 5.77. The summed E-state index contributed by atoms with van der Waals surface area (Å²) in [4.78, 5) is 13.3. The van der Waals surface area contributed by atoms with E-state index in [2.05, 4.69) is 0 Å². The van der Waals surface area contributed by atoms with Crippen LogP contribution in [0.1, 0.15) is 24.5 Å². The lowest BCUT2D eigenvalue weighted by atomic mass is 10.1. The molecule has 0 unspecified atom stereocenters. The number of carbonyl (C=O) groups is 1. The Balaban J connectivity index is 2.28. The molecule has 3 nitrogen and oxygen atoms in total. The van der Waals surface area contributed by atoms with E-state index in [1.165, 1.54) is 0 Å². The average Bonchev–Trinajstić information content (AvgIpc) is 2.40. The van der Waals surface area contributed by atoms with Crippen molar-refractivity contribution in [1.29, 1.82) is 0 Å². The van der Waals surface area contributed by atoms with E-state index in [9.17, 15) is 4.79 Å². The molecular weight excluding hydrogens is 226 g/mol. The topological polar surface area (TPSA) is 29.5 Å². The van der Waals surface area contributed by atoms with Gasteiger partial charge in [-0.1, -0.05) is 24.6 Å². The molecule has 4 heteroatoms. The van der Waals surface area contributed by atoms with Gasteiger partial charge in [0.05, 0.1) is 0 Å². The third-order valence-corrected chi connectivity index (χ3v) is 2.87. The van der Waals surface area contributed by atoms with Gasteiger partial charge in [-0.05, 0) is 29.7 Å². The summed E-state index contributed by atoms with van der Waals surface area (Å²) >= 11 is 5.95. The molecule has 0 aromatic heterocycles. The minimum atomic E-state index is -0.242. The molecule has 0 aliphatic carbocycles. The van der Waals surface area contributed by atoms with E-state index in [0.717, 1.165) is 17.5 Å². The summed E-state index contributed by atoms with van der Waals surface area (Å²) in [6.45, 7) is 3.68. The number of hydrogen-bond donors (Lipinski definition) is 0. The van der Waals surface area contributed by atoms with Gasteiger partial charge in [-0.25, -0.2) is 4.79 Å². The van der Waals surface area contributed by atoms with E-state index < -0.39 is 0 Å². The number of carbonyl (C=O) groups excluding carboxylic acids is 1. The second-order valence-electron chi connectivity index (χ2n) is 3.89. The van der Waals surface area contributed by atoms with Crippen molar-refractivity contribution in [3.05, 3.63) is 34.3 Å². The standard InChI is InChI=1S/C12H14ClNO2/c1-2-5-14-7-10-6-11(13)4-3-9(10)8-16-12(14)15/h3-4,6H,2,5,7-8H2,1H3. The largest absolute Gasteiger partial charge is 0.445 e. The van der Waals surface area contributed by atoms with Crippen LogP contribution in [0.5, 0.6) is 0 Å². The van der Waals surface area contributed by atoms with Crippen LogP contribution in [0.15, 0.2) is 18.2 Å². The highest BCUT2D eigenvalue weighted by Crippen LogP contribution is 2.22. The molecule has 0 radical (unpaired) electrons. The molecule has 0 saturated carbocycles. The maximum absolute atomic E-state index is 11.6. The highest BCUT2D eigenvalue weighted by Gasteiger charge is 2.20. The van der Waals surface area contributed by atoms with E-state index in [1.54, 1.807) is 4.90 Å². The average molecular weight is 240 g/mol. The van der Waals surface area contributed by atoms with E-state index in [0.29, 0.717) is 24.7 Å². The van der Waals surface area contributed by atoms with Crippen LogP contribution < -0.4 is 0 Å². The van der Waals surface area contributed by atoms with Crippen LogP contribution in [-0.2, 0) is 17.9 Å². The molecule has 0 saturated heterocycles. The number of cyclic esters (lactones) is 1. The third-order valence-electron chi connectivity index (χ3n) is 2.63. The molecule has 16 heavy (non-hydrogen) atoms. The predicted octanol–water partition coefficient (Wildman–Crippen LogP) is 3.20. The number of fused-ring (bicyclic) bond motifs is 1. The number of amides is 1. The molecule has 2 rings (SSSR count). The Morgan fingerprint density at radius 2 is 2.25 bits per heavy atom. The molecule has 1 heterocycles. The second-order valence-corrected chi connectivity index (χ2v) is 4.33. The fourth-order valence-corrected chi connectivity index (χ4v) is 2.02. The van der Waals surface area contributed by atoms with Crippen molar-refractivity contribution in [1.82, 2.24) is 4.90 Å². The summed E-state index contributed by atoms with van der Waals surface area (Å²) in [7, 11) is 0. The zero-order chi connectivity index (χ0) is 11.5. The van der Waals surface area contributed by atoms with Gasteiger partial charge < -0.3 is 9.64 Å². The fourth-order valence-electron chi connectivity index (χ4n) is 1.82. The van der Waals surface area contributed by atoms with Gasteiger partial charge >= 0.3 is 6.09 Å². The number of nitrogens with zero attached hydrogens (tertiary/aromatic N) is 1. The number of benzene rings is 1. The van der Waals surface area contributed by atoms with Crippen molar-refractivity contribution >= 4 is 17.7 Å². The Hall–Kier alpha value is -1.22. The molecule has 1 aromatic carbocycles. The first-order valence-electron chi connectivity index (χ1n) is 5.39. The van der Waals surface area contributed by atoms with Gasteiger partial charge in [-0.2, -0.15) is 0 Å². The molecule has 86 valence electrons. The van der Waals surface area contributed by atoms with Crippen molar-refractivity contribution in [2.24, 2.45) is 0 Å². The van der Waals surface area contributed by atoms with Crippen LogP contribution in [0, 0.1) is 0 Å². The molecule has 0 fully saturated rings. The van der Waals surface area contributed by atoms with Crippen molar-refractivity contribution in [3.8, 4) is 0 Å². The van der Waals surface area contributed by atoms with Crippen LogP contribution in [0.25, 0.3) is 0 Å². The maximum Gasteiger partial charge on any atom is 0.410 e. The summed E-state index contributed by atoms with van der Waals surface area (Å²) in [5, 5.41) is 0.699. The molecule has 1 aliphatic heterocycles. The number of hydrogen-bond acceptors (Lipinski definition) is 2. The monoisotopic (exact) mass is 239 g/mol. The Morgan fingerprint density at radius 1 is 1.44 bits per heavy atom. The molecule has 0 bridgehead atoms. The molecule has 0 spiro atoms. The quantitative estimate of drug-likeness (QED) is 0.793. The summed E-state index contributed by atoms with van der Waals surface area (Å²) in [6, 6.07) is 5.64.